The predicted octanol–water partition coefficient (Wildman–Crippen LogP) is 3.53. The van der Waals surface area contributed by atoms with Crippen LogP contribution in [0, 0.1) is 10.1 Å². The van der Waals surface area contributed by atoms with E-state index in [1.165, 1.54) is 6.07 Å². The number of rotatable bonds is 6. The van der Waals surface area contributed by atoms with Gasteiger partial charge in [0.2, 0.25) is 5.91 Å². The molecule has 1 aliphatic heterocycles. The van der Waals surface area contributed by atoms with Crippen molar-refractivity contribution < 1.29 is 14.5 Å². The Morgan fingerprint density at radius 2 is 2.07 bits per heavy atom. The molecule has 0 aromatic heterocycles. The molecule has 2 aromatic carbocycles. The normalized spacial score (nSPS) is 13.7. The minimum atomic E-state index is -0.442. The van der Waals surface area contributed by atoms with Gasteiger partial charge < -0.3 is 10.2 Å². The number of anilines is 1. The van der Waals surface area contributed by atoms with Crippen molar-refractivity contribution in [2.45, 2.75) is 32.7 Å². The van der Waals surface area contributed by atoms with Gasteiger partial charge in [0.1, 0.15) is 0 Å². The van der Waals surface area contributed by atoms with Crippen LogP contribution >= 0.6 is 0 Å². The average molecular weight is 367 g/mol. The maximum absolute atomic E-state index is 12.5. The lowest BCUT2D eigenvalue weighted by Gasteiger charge is -2.16. The molecule has 140 valence electrons. The van der Waals surface area contributed by atoms with Gasteiger partial charge in [0.15, 0.2) is 0 Å². The van der Waals surface area contributed by atoms with Gasteiger partial charge in [-0.1, -0.05) is 25.1 Å². The Balaban J connectivity index is 1.74. The number of nitro benzene ring substituents is 1. The Bertz CT molecular complexity index is 895. The summed E-state index contributed by atoms with van der Waals surface area (Å²) in [6, 6.07) is 11.8. The zero-order valence-electron chi connectivity index (χ0n) is 15.1. The van der Waals surface area contributed by atoms with Crippen LogP contribution in [0.15, 0.2) is 42.5 Å². The van der Waals surface area contributed by atoms with Crippen molar-refractivity contribution in [1.82, 2.24) is 4.90 Å². The number of nitro groups is 1. The lowest BCUT2D eigenvalue weighted by molar-refractivity contribution is -0.385. The highest BCUT2D eigenvalue weighted by Crippen LogP contribution is 2.24. The van der Waals surface area contributed by atoms with Crippen LogP contribution in [0.4, 0.5) is 11.4 Å². The Morgan fingerprint density at radius 1 is 1.26 bits per heavy atom. The molecule has 1 fully saturated rings. The number of hydrogen-bond acceptors (Lipinski definition) is 4. The van der Waals surface area contributed by atoms with Gasteiger partial charge in [0.05, 0.1) is 4.92 Å². The van der Waals surface area contributed by atoms with Crippen molar-refractivity contribution in [3.8, 4) is 0 Å². The molecule has 0 saturated carbocycles. The zero-order chi connectivity index (χ0) is 19.4. The molecule has 2 amide bonds. The van der Waals surface area contributed by atoms with Crippen LogP contribution in [0.3, 0.4) is 0 Å². The fraction of sp³-hybridized carbons (Fsp3) is 0.300. The van der Waals surface area contributed by atoms with Crippen LogP contribution in [0.5, 0.6) is 0 Å². The molecular formula is C20H21N3O4. The van der Waals surface area contributed by atoms with E-state index in [-0.39, 0.29) is 17.5 Å². The number of carbonyl (C=O) groups excluding carboxylic acids is 2. The number of nitrogens with zero attached hydrogens (tertiary/aromatic N) is 2. The molecule has 1 aliphatic rings. The molecule has 1 saturated heterocycles. The lowest BCUT2D eigenvalue weighted by Crippen LogP contribution is -2.24. The first-order valence-electron chi connectivity index (χ1n) is 8.93. The summed E-state index contributed by atoms with van der Waals surface area (Å²) in [7, 11) is 0. The van der Waals surface area contributed by atoms with Gasteiger partial charge in [0.25, 0.3) is 11.6 Å². The maximum Gasteiger partial charge on any atom is 0.274 e. The van der Waals surface area contributed by atoms with E-state index in [0.717, 1.165) is 18.5 Å². The molecule has 1 N–H and O–H groups in total. The lowest BCUT2D eigenvalue weighted by atomic mass is 10.1. The molecule has 0 aliphatic carbocycles. The average Bonchev–Trinajstić information content (AvgIpc) is 3.06. The summed E-state index contributed by atoms with van der Waals surface area (Å²) in [5.41, 5.74) is 2.32. The quantitative estimate of drug-likeness (QED) is 0.624. The second kappa shape index (κ2) is 7.99. The summed E-state index contributed by atoms with van der Waals surface area (Å²) in [4.78, 5) is 36.8. The standard InChI is InChI=1S/C20H21N3O4/c1-2-15-8-9-17(12-18(15)23(26)27)21-20(25)16-6-3-5-14(11-16)13-22-10-4-7-19(22)24/h3,5-6,8-9,11-12H,2,4,7,10,13H2,1H3,(H,21,25). The highest BCUT2D eigenvalue weighted by molar-refractivity contribution is 6.04. The first kappa shape index (κ1) is 18.6. The third-order valence-corrected chi connectivity index (χ3v) is 4.65. The van der Waals surface area contributed by atoms with Gasteiger partial charge in [-0.25, -0.2) is 0 Å². The summed E-state index contributed by atoms with van der Waals surface area (Å²) in [5.74, 6) is -0.212. The van der Waals surface area contributed by atoms with E-state index < -0.39 is 4.92 Å². The molecule has 7 heteroatoms. The van der Waals surface area contributed by atoms with Crippen molar-refractivity contribution in [2.75, 3.05) is 11.9 Å². The Hall–Kier alpha value is -3.22. The predicted molar refractivity (Wildman–Crippen MR) is 102 cm³/mol. The van der Waals surface area contributed by atoms with Crippen LogP contribution < -0.4 is 5.32 Å². The van der Waals surface area contributed by atoms with E-state index in [4.69, 9.17) is 0 Å². The third kappa shape index (κ3) is 4.31. The fourth-order valence-corrected chi connectivity index (χ4v) is 3.22. The topological polar surface area (TPSA) is 92.6 Å². The van der Waals surface area contributed by atoms with Crippen LogP contribution in [-0.2, 0) is 17.8 Å². The number of nitrogens with one attached hydrogen (secondary N) is 1. The molecule has 0 spiro atoms. The summed E-state index contributed by atoms with van der Waals surface area (Å²) in [5, 5.41) is 13.9. The van der Waals surface area contributed by atoms with E-state index in [0.29, 0.717) is 36.2 Å². The van der Waals surface area contributed by atoms with E-state index in [9.17, 15) is 19.7 Å². The van der Waals surface area contributed by atoms with Gasteiger partial charge in [-0.3, -0.25) is 19.7 Å². The molecule has 0 bridgehead atoms. The second-order valence-corrected chi connectivity index (χ2v) is 6.53. The summed E-state index contributed by atoms with van der Waals surface area (Å²) in [6.07, 6.45) is 1.99. The monoisotopic (exact) mass is 367 g/mol. The van der Waals surface area contributed by atoms with E-state index in [2.05, 4.69) is 5.32 Å². The molecule has 0 unspecified atom stereocenters. The first-order valence-corrected chi connectivity index (χ1v) is 8.93. The summed E-state index contributed by atoms with van der Waals surface area (Å²) in [6.45, 7) is 3.07. The van der Waals surface area contributed by atoms with Crippen molar-refractivity contribution in [3.05, 3.63) is 69.3 Å². The van der Waals surface area contributed by atoms with Crippen molar-refractivity contribution in [1.29, 1.82) is 0 Å². The molecular weight excluding hydrogens is 346 g/mol. The summed E-state index contributed by atoms with van der Waals surface area (Å²) < 4.78 is 0. The number of carbonyl (C=O) groups is 2. The maximum atomic E-state index is 12.5. The number of benzene rings is 2. The van der Waals surface area contributed by atoms with Crippen molar-refractivity contribution >= 4 is 23.2 Å². The van der Waals surface area contributed by atoms with Gasteiger partial charge in [-0.05, 0) is 36.6 Å². The first-order chi connectivity index (χ1) is 13.0. The molecule has 3 rings (SSSR count). The molecule has 2 aromatic rings. The molecule has 0 atom stereocenters. The van der Waals surface area contributed by atoms with Crippen LogP contribution in [0.25, 0.3) is 0 Å². The second-order valence-electron chi connectivity index (χ2n) is 6.53. The number of likely N-dealkylation sites (tertiary alicyclic amines) is 1. The third-order valence-electron chi connectivity index (χ3n) is 4.65. The minimum absolute atomic E-state index is 0.00315. The van der Waals surface area contributed by atoms with Gasteiger partial charge in [-0.15, -0.1) is 0 Å². The Morgan fingerprint density at radius 3 is 2.74 bits per heavy atom. The number of hydrogen-bond donors (Lipinski definition) is 1. The molecule has 0 radical (unpaired) electrons. The largest absolute Gasteiger partial charge is 0.338 e. The number of amides is 2. The zero-order valence-corrected chi connectivity index (χ0v) is 15.1. The van der Waals surface area contributed by atoms with Crippen LogP contribution in [0.1, 0.15) is 41.3 Å². The SMILES string of the molecule is CCc1ccc(NC(=O)c2cccc(CN3CCCC3=O)c2)cc1[N+](=O)[O-]. The van der Waals surface area contributed by atoms with Crippen LogP contribution in [0.2, 0.25) is 0 Å². The highest BCUT2D eigenvalue weighted by Gasteiger charge is 2.20. The smallest absolute Gasteiger partial charge is 0.274 e. The van der Waals surface area contributed by atoms with Gasteiger partial charge in [-0.2, -0.15) is 0 Å². The van der Waals surface area contributed by atoms with Gasteiger partial charge in [0, 0.05) is 42.4 Å². The van der Waals surface area contributed by atoms with Crippen LogP contribution in [-0.4, -0.2) is 28.2 Å². The van der Waals surface area contributed by atoms with Crippen molar-refractivity contribution in [3.63, 3.8) is 0 Å². The minimum Gasteiger partial charge on any atom is -0.338 e. The van der Waals surface area contributed by atoms with E-state index in [1.54, 1.807) is 35.2 Å². The Kier molecular flexibility index (Phi) is 5.49. The highest BCUT2D eigenvalue weighted by atomic mass is 16.6. The summed E-state index contributed by atoms with van der Waals surface area (Å²) >= 11 is 0. The van der Waals surface area contributed by atoms with E-state index in [1.807, 2.05) is 13.0 Å². The molecule has 1 heterocycles. The van der Waals surface area contributed by atoms with Gasteiger partial charge >= 0.3 is 0 Å². The molecule has 7 nitrogen and oxygen atoms in total. The Labute approximate surface area is 157 Å². The van der Waals surface area contributed by atoms with Crippen molar-refractivity contribution in [2.24, 2.45) is 0 Å². The number of aryl methyl sites for hydroxylation is 1. The molecule has 27 heavy (non-hydrogen) atoms. The van der Waals surface area contributed by atoms with E-state index >= 15 is 0 Å². The fourth-order valence-electron chi connectivity index (χ4n) is 3.22.